The first-order chi connectivity index (χ1) is 12.7. The Kier molecular flexibility index (Phi) is 4.40. The van der Waals surface area contributed by atoms with Crippen molar-refractivity contribution in [1.29, 1.82) is 0 Å². The van der Waals surface area contributed by atoms with E-state index in [0.717, 1.165) is 22.6 Å². The van der Waals surface area contributed by atoms with Crippen molar-refractivity contribution in [3.05, 3.63) is 47.5 Å². The van der Waals surface area contributed by atoms with E-state index in [4.69, 9.17) is 4.74 Å². The minimum absolute atomic E-state index is 0.0210. The summed E-state index contributed by atoms with van der Waals surface area (Å²) in [6, 6.07) is 9.20. The number of hydrogen-bond donors (Lipinski definition) is 3. The zero-order valence-electron chi connectivity index (χ0n) is 13.7. The molecule has 0 atom stereocenters. The molecule has 0 fully saturated rings. The number of benzene rings is 1. The number of ether oxygens (including phenoxy) is 1. The van der Waals surface area contributed by atoms with Crippen molar-refractivity contribution >= 4 is 34.0 Å². The van der Waals surface area contributed by atoms with Crippen LogP contribution in [0.2, 0.25) is 0 Å². The predicted molar refractivity (Wildman–Crippen MR) is 99.4 cm³/mol. The number of rotatable bonds is 5. The number of hydrogen-bond acceptors (Lipinski definition) is 5. The maximum absolute atomic E-state index is 12.1. The van der Waals surface area contributed by atoms with Crippen LogP contribution in [0.4, 0.5) is 10.8 Å². The molecule has 26 heavy (non-hydrogen) atoms. The fraction of sp³-hybridized carbons (Fsp3) is 0.167. The standard InChI is InChI=1S/C18H16N4O3S/c23-16-6-3-11-8-12(4-5-13(11)20-16)25-9-17(24)22-18-21-15(10-26-18)14-2-1-7-19-14/h1-2,4-5,7-8,10,19H,3,6,9H2,(H,20,23)(H,21,22,24). The van der Waals surface area contributed by atoms with Gasteiger partial charge in [0.05, 0.1) is 11.4 Å². The molecule has 4 rings (SSSR count). The highest BCUT2D eigenvalue weighted by Gasteiger charge is 2.15. The largest absolute Gasteiger partial charge is 0.484 e. The smallest absolute Gasteiger partial charge is 0.264 e. The van der Waals surface area contributed by atoms with Gasteiger partial charge in [-0.15, -0.1) is 11.3 Å². The topological polar surface area (TPSA) is 96.1 Å². The van der Waals surface area contributed by atoms with E-state index >= 15 is 0 Å². The van der Waals surface area contributed by atoms with Crippen molar-refractivity contribution in [2.45, 2.75) is 12.8 Å². The Morgan fingerprint density at radius 3 is 3.08 bits per heavy atom. The fourth-order valence-electron chi connectivity index (χ4n) is 2.70. The minimum Gasteiger partial charge on any atom is -0.484 e. The van der Waals surface area contributed by atoms with Gasteiger partial charge in [0, 0.05) is 23.7 Å². The lowest BCUT2D eigenvalue weighted by Crippen LogP contribution is -2.21. The van der Waals surface area contributed by atoms with Crippen molar-refractivity contribution in [3.8, 4) is 17.1 Å². The summed E-state index contributed by atoms with van der Waals surface area (Å²) in [5, 5.41) is 7.95. The van der Waals surface area contributed by atoms with Crippen molar-refractivity contribution in [1.82, 2.24) is 9.97 Å². The maximum atomic E-state index is 12.1. The summed E-state index contributed by atoms with van der Waals surface area (Å²) in [6.45, 7) is -0.109. The summed E-state index contributed by atoms with van der Waals surface area (Å²) >= 11 is 1.36. The number of H-pyrrole nitrogens is 1. The normalized spacial score (nSPS) is 13.0. The molecule has 0 saturated carbocycles. The van der Waals surface area contributed by atoms with Crippen LogP contribution in [0, 0.1) is 0 Å². The summed E-state index contributed by atoms with van der Waals surface area (Å²) in [6.07, 6.45) is 2.96. The van der Waals surface area contributed by atoms with Gasteiger partial charge < -0.3 is 15.0 Å². The Morgan fingerprint density at radius 2 is 2.23 bits per heavy atom. The second-order valence-electron chi connectivity index (χ2n) is 5.83. The summed E-state index contributed by atoms with van der Waals surface area (Å²) < 4.78 is 5.56. The first-order valence-corrected chi connectivity index (χ1v) is 9.00. The monoisotopic (exact) mass is 368 g/mol. The molecular weight excluding hydrogens is 352 g/mol. The number of amides is 2. The molecule has 132 valence electrons. The molecule has 0 bridgehead atoms. The second-order valence-corrected chi connectivity index (χ2v) is 6.68. The van der Waals surface area contributed by atoms with Gasteiger partial charge in [-0.25, -0.2) is 4.98 Å². The Hall–Kier alpha value is -3.13. The lowest BCUT2D eigenvalue weighted by atomic mass is 10.0. The van der Waals surface area contributed by atoms with E-state index in [-0.39, 0.29) is 18.4 Å². The maximum Gasteiger partial charge on any atom is 0.264 e. The van der Waals surface area contributed by atoms with E-state index < -0.39 is 0 Å². The van der Waals surface area contributed by atoms with Crippen molar-refractivity contribution in [2.24, 2.45) is 0 Å². The minimum atomic E-state index is -0.275. The molecule has 3 N–H and O–H groups in total. The quantitative estimate of drug-likeness (QED) is 0.645. The van der Waals surface area contributed by atoms with Crippen LogP contribution in [0.3, 0.4) is 0 Å². The molecule has 1 aliphatic heterocycles. The molecule has 0 saturated heterocycles. The number of nitrogens with zero attached hydrogens (tertiary/aromatic N) is 1. The Bertz CT molecular complexity index is 949. The van der Waals surface area contributed by atoms with Gasteiger partial charge in [0.15, 0.2) is 11.7 Å². The van der Waals surface area contributed by atoms with E-state index in [9.17, 15) is 9.59 Å². The van der Waals surface area contributed by atoms with E-state index in [1.807, 2.05) is 29.8 Å². The van der Waals surface area contributed by atoms with Crippen LogP contribution in [0.25, 0.3) is 11.4 Å². The Labute approximate surface area is 153 Å². The first-order valence-electron chi connectivity index (χ1n) is 8.12. The Balaban J connectivity index is 1.34. The summed E-state index contributed by atoms with van der Waals surface area (Å²) in [4.78, 5) is 30.9. The zero-order valence-corrected chi connectivity index (χ0v) is 14.6. The highest BCUT2D eigenvalue weighted by atomic mass is 32.1. The molecule has 2 amide bonds. The van der Waals surface area contributed by atoms with Gasteiger partial charge in [0.2, 0.25) is 5.91 Å². The summed E-state index contributed by atoms with van der Waals surface area (Å²) in [5.41, 5.74) is 3.50. The zero-order chi connectivity index (χ0) is 17.9. The first kappa shape index (κ1) is 16.3. The Morgan fingerprint density at radius 1 is 1.31 bits per heavy atom. The number of aryl methyl sites for hydroxylation is 1. The van der Waals surface area contributed by atoms with Crippen molar-refractivity contribution in [2.75, 3.05) is 17.2 Å². The summed E-state index contributed by atoms with van der Waals surface area (Å²) in [7, 11) is 0. The predicted octanol–water partition coefficient (Wildman–Crippen LogP) is 3.04. The van der Waals surface area contributed by atoms with Crippen LogP contribution in [0.15, 0.2) is 41.9 Å². The average Bonchev–Trinajstić information content (AvgIpc) is 3.31. The van der Waals surface area contributed by atoms with Gasteiger partial charge in [-0.3, -0.25) is 14.9 Å². The van der Waals surface area contributed by atoms with Crippen LogP contribution in [0.1, 0.15) is 12.0 Å². The molecule has 0 unspecified atom stereocenters. The molecule has 1 aromatic carbocycles. The third-order valence-electron chi connectivity index (χ3n) is 3.97. The van der Waals surface area contributed by atoms with Gasteiger partial charge in [0.1, 0.15) is 5.75 Å². The van der Waals surface area contributed by atoms with Crippen molar-refractivity contribution in [3.63, 3.8) is 0 Å². The van der Waals surface area contributed by atoms with Gasteiger partial charge in [-0.05, 0) is 42.3 Å². The van der Waals surface area contributed by atoms with Gasteiger partial charge in [0.25, 0.3) is 5.91 Å². The van der Waals surface area contributed by atoms with E-state index in [1.54, 1.807) is 12.1 Å². The third-order valence-corrected chi connectivity index (χ3v) is 4.72. The van der Waals surface area contributed by atoms with Gasteiger partial charge in [-0.2, -0.15) is 0 Å². The number of carbonyl (C=O) groups excluding carboxylic acids is 2. The third kappa shape index (κ3) is 3.60. The number of aromatic amines is 1. The molecule has 2 aromatic heterocycles. The average molecular weight is 368 g/mol. The molecule has 3 heterocycles. The highest BCUT2D eigenvalue weighted by Crippen LogP contribution is 2.27. The number of thiazole rings is 1. The molecule has 7 nitrogen and oxygen atoms in total. The van der Waals surface area contributed by atoms with Crippen LogP contribution >= 0.6 is 11.3 Å². The molecular formula is C18H16N4O3S. The lowest BCUT2D eigenvalue weighted by molar-refractivity contribution is -0.118. The van der Waals surface area contributed by atoms with Crippen molar-refractivity contribution < 1.29 is 14.3 Å². The molecule has 0 aliphatic carbocycles. The van der Waals surface area contributed by atoms with E-state index in [2.05, 4.69) is 20.6 Å². The van der Waals surface area contributed by atoms with Crippen LogP contribution in [-0.4, -0.2) is 28.4 Å². The van der Waals surface area contributed by atoms with Crippen LogP contribution < -0.4 is 15.4 Å². The lowest BCUT2D eigenvalue weighted by Gasteiger charge is -2.17. The fourth-order valence-corrected chi connectivity index (χ4v) is 3.43. The number of nitrogens with one attached hydrogen (secondary N) is 3. The number of carbonyl (C=O) groups is 2. The number of fused-ring (bicyclic) bond motifs is 1. The molecule has 3 aromatic rings. The van der Waals surface area contributed by atoms with Crippen LogP contribution in [-0.2, 0) is 16.0 Å². The molecule has 1 aliphatic rings. The van der Waals surface area contributed by atoms with E-state index in [1.165, 1.54) is 11.3 Å². The molecule has 0 spiro atoms. The highest BCUT2D eigenvalue weighted by molar-refractivity contribution is 7.14. The second kappa shape index (κ2) is 7.01. The van der Waals surface area contributed by atoms with Gasteiger partial charge in [-0.1, -0.05) is 0 Å². The van der Waals surface area contributed by atoms with Gasteiger partial charge >= 0.3 is 0 Å². The van der Waals surface area contributed by atoms with E-state index in [0.29, 0.717) is 23.7 Å². The molecule has 8 heteroatoms. The SMILES string of the molecule is O=C(COc1ccc2c(c1)CCC(=O)N2)Nc1nc(-c2ccc[nH]2)cs1. The van der Waals surface area contributed by atoms with Crippen LogP contribution in [0.5, 0.6) is 5.75 Å². The molecule has 0 radical (unpaired) electrons. The summed E-state index contributed by atoms with van der Waals surface area (Å²) in [5.74, 6) is 0.345. The number of aromatic nitrogens is 2. The number of anilines is 2.